The number of hydrogen-bond acceptors (Lipinski definition) is 1. The minimum absolute atomic E-state index is 0.708. The summed E-state index contributed by atoms with van der Waals surface area (Å²) in [7, 11) is 0. The molecule has 0 bridgehead atoms. The fraction of sp³-hybridized carbons (Fsp3) is 0.600. The number of hydrogen-bond donors (Lipinski definition) is 1. The van der Waals surface area contributed by atoms with Gasteiger partial charge in [-0.3, -0.25) is 0 Å². The normalized spacial score (nSPS) is 30.5. The van der Waals surface area contributed by atoms with E-state index >= 15 is 0 Å². The molecule has 1 atom stereocenters. The molecule has 1 aliphatic heterocycles. The van der Waals surface area contributed by atoms with Crippen molar-refractivity contribution in [2.45, 2.75) is 31.7 Å². The van der Waals surface area contributed by atoms with E-state index in [-0.39, 0.29) is 0 Å². The summed E-state index contributed by atoms with van der Waals surface area (Å²) in [5.41, 5.74) is 1.62. The van der Waals surface area contributed by atoms with Crippen molar-refractivity contribution in [3.63, 3.8) is 0 Å². The molecule has 11 heavy (non-hydrogen) atoms. The highest BCUT2D eigenvalue weighted by Gasteiger charge is 2.17. The molecular formula is C10H15N. The molecule has 1 heterocycles. The second-order valence-corrected chi connectivity index (χ2v) is 3.36. The van der Waals surface area contributed by atoms with E-state index < -0.39 is 0 Å². The van der Waals surface area contributed by atoms with Crippen LogP contribution in [-0.4, -0.2) is 12.6 Å². The Balaban J connectivity index is 2.02. The van der Waals surface area contributed by atoms with Crippen molar-refractivity contribution in [1.82, 2.24) is 5.32 Å². The number of rotatable bonds is 1. The minimum Gasteiger partial charge on any atom is -0.310 e. The van der Waals surface area contributed by atoms with Gasteiger partial charge in [0.25, 0.3) is 0 Å². The zero-order valence-corrected chi connectivity index (χ0v) is 6.84. The van der Waals surface area contributed by atoms with Crippen LogP contribution < -0.4 is 5.32 Å². The lowest BCUT2D eigenvalue weighted by molar-refractivity contribution is 0.655. The Labute approximate surface area is 68.2 Å². The molecule has 1 fully saturated rings. The standard InChI is InChI=1S/C10H15N/c1-2-5-9(6-3-1)10-7-4-8-11-10/h1-2,5,10-11H,3-4,6-8H2. The third-order valence-corrected chi connectivity index (χ3v) is 2.55. The van der Waals surface area contributed by atoms with Crippen molar-refractivity contribution in [1.29, 1.82) is 0 Å². The first-order valence-corrected chi connectivity index (χ1v) is 4.56. The molecule has 0 spiro atoms. The summed E-state index contributed by atoms with van der Waals surface area (Å²) in [5, 5.41) is 3.52. The third kappa shape index (κ3) is 1.54. The SMILES string of the molecule is C1=CCCC(C2CCCN2)=C1. The Kier molecular flexibility index (Phi) is 2.08. The Bertz CT molecular complexity index is 185. The van der Waals surface area contributed by atoms with Crippen LogP contribution in [0.3, 0.4) is 0 Å². The largest absolute Gasteiger partial charge is 0.310 e. The van der Waals surface area contributed by atoms with Gasteiger partial charge in [0.1, 0.15) is 0 Å². The third-order valence-electron chi connectivity index (χ3n) is 2.55. The van der Waals surface area contributed by atoms with Crippen LogP contribution in [0.15, 0.2) is 23.8 Å². The second kappa shape index (κ2) is 3.22. The predicted octanol–water partition coefficient (Wildman–Crippen LogP) is 2.01. The van der Waals surface area contributed by atoms with Gasteiger partial charge in [-0.05, 0) is 32.2 Å². The summed E-state index contributed by atoms with van der Waals surface area (Å²) in [6, 6.07) is 0.708. The fourth-order valence-corrected chi connectivity index (χ4v) is 1.91. The first-order chi connectivity index (χ1) is 5.47. The predicted molar refractivity (Wildman–Crippen MR) is 47.5 cm³/mol. The summed E-state index contributed by atoms with van der Waals surface area (Å²) < 4.78 is 0. The summed E-state index contributed by atoms with van der Waals surface area (Å²) >= 11 is 0. The minimum atomic E-state index is 0.708. The van der Waals surface area contributed by atoms with Gasteiger partial charge < -0.3 is 5.32 Å². The average molecular weight is 149 g/mol. The van der Waals surface area contributed by atoms with Crippen LogP contribution >= 0.6 is 0 Å². The van der Waals surface area contributed by atoms with Gasteiger partial charge in [0, 0.05) is 6.04 Å². The van der Waals surface area contributed by atoms with E-state index in [9.17, 15) is 0 Å². The van der Waals surface area contributed by atoms with Crippen molar-refractivity contribution < 1.29 is 0 Å². The molecule has 1 heteroatoms. The first kappa shape index (κ1) is 7.11. The van der Waals surface area contributed by atoms with Gasteiger partial charge >= 0.3 is 0 Å². The van der Waals surface area contributed by atoms with E-state index in [0.29, 0.717) is 6.04 Å². The van der Waals surface area contributed by atoms with E-state index in [1.807, 2.05) is 0 Å². The molecule has 1 nitrogen and oxygen atoms in total. The Morgan fingerprint density at radius 2 is 2.45 bits per heavy atom. The summed E-state index contributed by atoms with van der Waals surface area (Å²) in [6.07, 6.45) is 11.9. The summed E-state index contributed by atoms with van der Waals surface area (Å²) in [6.45, 7) is 1.21. The summed E-state index contributed by atoms with van der Waals surface area (Å²) in [5.74, 6) is 0. The lowest BCUT2D eigenvalue weighted by atomic mass is 9.97. The van der Waals surface area contributed by atoms with Crippen LogP contribution in [0.2, 0.25) is 0 Å². The number of allylic oxidation sites excluding steroid dienone is 3. The van der Waals surface area contributed by atoms with Gasteiger partial charge in [0.2, 0.25) is 0 Å². The van der Waals surface area contributed by atoms with Crippen molar-refractivity contribution in [3.8, 4) is 0 Å². The molecule has 0 radical (unpaired) electrons. The summed E-state index contributed by atoms with van der Waals surface area (Å²) in [4.78, 5) is 0. The molecule has 2 aliphatic rings. The van der Waals surface area contributed by atoms with Gasteiger partial charge in [-0.2, -0.15) is 0 Å². The lowest BCUT2D eigenvalue weighted by Crippen LogP contribution is -2.23. The monoisotopic (exact) mass is 149 g/mol. The highest BCUT2D eigenvalue weighted by molar-refractivity contribution is 5.23. The molecule has 0 saturated carbocycles. The van der Waals surface area contributed by atoms with Crippen molar-refractivity contribution >= 4 is 0 Å². The van der Waals surface area contributed by atoms with Crippen LogP contribution in [0.5, 0.6) is 0 Å². The molecule has 1 N–H and O–H groups in total. The molecule has 0 aromatic carbocycles. The quantitative estimate of drug-likeness (QED) is 0.601. The molecule has 1 unspecified atom stereocenters. The van der Waals surface area contributed by atoms with Crippen molar-refractivity contribution in [3.05, 3.63) is 23.8 Å². The van der Waals surface area contributed by atoms with Crippen molar-refractivity contribution in [2.75, 3.05) is 6.54 Å². The van der Waals surface area contributed by atoms with Crippen LogP contribution in [0.25, 0.3) is 0 Å². The van der Waals surface area contributed by atoms with Gasteiger partial charge in [0.05, 0.1) is 0 Å². The van der Waals surface area contributed by atoms with Gasteiger partial charge in [-0.25, -0.2) is 0 Å². The van der Waals surface area contributed by atoms with Crippen molar-refractivity contribution in [2.24, 2.45) is 0 Å². The first-order valence-electron chi connectivity index (χ1n) is 4.56. The molecule has 60 valence electrons. The van der Waals surface area contributed by atoms with Crippen LogP contribution in [0.4, 0.5) is 0 Å². The van der Waals surface area contributed by atoms with Gasteiger partial charge in [-0.1, -0.05) is 23.8 Å². The van der Waals surface area contributed by atoms with E-state index in [1.54, 1.807) is 5.57 Å². The molecule has 1 aliphatic carbocycles. The molecule has 1 saturated heterocycles. The van der Waals surface area contributed by atoms with Gasteiger partial charge in [0.15, 0.2) is 0 Å². The topological polar surface area (TPSA) is 12.0 Å². The zero-order chi connectivity index (χ0) is 7.52. The molecular weight excluding hydrogens is 134 g/mol. The molecule has 2 rings (SSSR count). The second-order valence-electron chi connectivity index (χ2n) is 3.36. The van der Waals surface area contributed by atoms with Crippen LogP contribution in [0.1, 0.15) is 25.7 Å². The Hall–Kier alpha value is -0.560. The Morgan fingerprint density at radius 1 is 1.45 bits per heavy atom. The molecule has 0 amide bonds. The Morgan fingerprint density at radius 3 is 3.09 bits per heavy atom. The smallest absolute Gasteiger partial charge is 0.0283 e. The van der Waals surface area contributed by atoms with E-state index in [2.05, 4.69) is 23.5 Å². The highest BCUT2D eigenvalue weighted by Crippen LogP contribution is 2.21. The maximum absolute atomic E-state index is 3.52. The van der Waals surface area contributed by atoms with E-state index in [1.165, 1.54) is 32.2 Å². The zero-order valence-electron chi connectivity index (χ0n) is 6.84. The van der Waals surface area contributed by atoms with E-state index in [0.717, 1.165) is 0 Å². The molecule has 0 aromatic heterocycles. The van der Waals surface area contributed by atoms with Crippen LogP contribution in [-0.2, 0) is 0 Å². The maximum atomic E-state index is 3.52. The highest BCUT2D eigenvalue weighted by atomic mass is 14.9. The number of nitrogens with one attached hydrogen (secondary N) is 1. The van der Waals surface area contributed by atoms with Gasteiger partial charge in [-0.15, -0.1) is 0 Å². The fourth-order valence-electron chi connectivity index (χ4n) is 1.91. The lowest BCUT2D eigenvalue weighted by Gasteiger charge is -2.15. The average Bonchev–Trinajstić information content (AvgIpc) is 2.58. The maximum Gasteiger partial charge on any atom is 0.0283 e. The molecule has 0 aromatic rings. The van der Waals surface area contributed by atoms with E-state index in [4.69, 9.17) is 0 Å². The van der Waals surface area contributed by atoms with Crippen LogP contribution in [0, 0.1) is 0 Å².